The van der Waals surface area contributed by atoms with Gasteiger partial charge in [-0.05, 0) is 37.0 Å². The lowest BCUT2D eigenvalue weighted by Crippen LogP contribution is -2.53. The minimum atomic E-state index is -0.346. The van der Waals surface area contributed by atoms with Crippen LogP contribution in [0.1, 0.15) is 52.9 Å². The van der Waals surface area contributed by atoms with Gasteiger partial charge in [0.1, 0.15) is 0 Å². The Labute approximate surface area is 104 Å². The van der Waals surface area contributed by atoms with E-state index in [9.17, 15) is 9.90 Å². The second-order valence-electron chi connectivity index (χ2n) is 7.00. The van der Waals surface area contributed by atoms with E-state index in [-0.39, 0.29) is 17.4 Å². The number of nitrogens with one attached hydrogen (secondary N) is 1. The van der Waals surface area contributed by atoms with Gasteiger partial charge >= 0.3 is 0 Å². The van der Waals surface area contributed by atoms with Gasteiger partial charge in [0.25, 0.3) is 0 Å². The largest absolute Gasteiger partial charge is 0.391 e. The Kier molecular flexibility index (Phi) is 3.23. The molecule has 2 fully saturated rings. The van der Waals surface area contributed by atoms with Crippen molar-refractivity contribution < 1.29 is 9.90 Å². The standard InChI is InChI=1S/C14H25NO2/c1-13(2,3)10-4-6-14(7-5-10)8-12(17)15-9-11(14)16/h10-11,16H,4-9H2,1-3H3,(H,15,17). The van der Waals surface area contributed by atoms with Crippen LogP contribution in [0, 0.1) is 16.7 Å². The molecule has 0 aromatic carbocycles. The normalized spacial score (nSPS) is 39.2. The average molecular weight is 239 g/mol. The van der Waals surface area contributed by atoms with E-state index < -0.39 is 0 Å². The molecule has 1 aliphatic heterocycles. The zero-order valence-electron chi connectivity index (χ0n) is 11.3. The fourth-order valence-electron chi connectivity index (χ4n) is 3.50. The molecule has 98 valence electrons. The summed E-state index contributed by atoms with van der Waals surface area (Å²) in [6.45, 7) is 7.32. The lowest BCUT2D eigenvalue weighted by Gasteiger charge is -2.48. The summed E-state index contributed by atoms with van der Waals surface area (Å²) in [7, 11) is 0. The maximum atomic E-state index is 11.5. The van der Waals surface area contributed by atoms with Gasteiger partial charge in [0.2, 0.25) is 5.91 Å². The minimum absolute atomic E-state index is 0.115. The molecule has 3 nitrogen and oxygen atoms in total. The van der Waals surface area contributed by atoms with Crippen LogP contribution >= 0.6 is 0 Å². The molecule has 0 aromatic rings. The summed E-state index contributed by atoms with van der Waals surface area (Å²) in [5, 5.41) is 12.9. The topological polar surface area (TPSA) is 49.3 Å². The molecule has 17 heavy (non-hydrogen) atoms. The molecule has 1 unspecified atom stereocenters. The predicted octanol–water partition coefficient (Wildman–Crippen LogP) is 2.09. The lowest BCUT2D eigenvalue weighted by molar-refractivity contribution is -0.135. The van der Waals surface area contributed by atoms with Crippen LogP contribution in [0.4, 0.5) is 0 Å². The highest BCUT2D eigenvalue weighted by atomic mass is 16.3. The number of β-amino-alcohol motifs (C(OH)–C–C–N with tert-alkyl or cyclic N) is 1. The fourth-order valence-corrected chi connectivity index (χ4v) is 3.50. The lowest BCUT2D eigenvalue weighted by atomic mass is 9.60. The van der Waals surface area contributed by atoms with Crippen molar-refractivity contribution in [3.05, 3.63) is 0 Å². The number of hydrogen-bond acceptors (Lipinski definition) is 2. The molecule has 1 saturated carbocycles. The van der Waals surface area contributed by atoms with E-state index in [0.29, 0.717) is 18.4 Å². The second-order valence-corrected chi connectivity index (χ2v) is 7.00. The Morgan fingerprint density at radius 3 is 2.41 bits per heavy atom. The molecule has 3 heteroatoms. The second kappa shape index (κ2) is 4.27. The van der Waals surface area contributed by atoms with Crippen LogP contribution in [0.3, 0.4) is 0 Å². The molecule has 2 aliphatic rings. The fraction of sp³-hybridized carbons (Fsp3) is 0.929. The molecular formula is C14H25NO2. The number of piperidine rings is 1. The van der Waals surface area contributed by atoms with E-state index in [2.05, 4.69) is 26.1 Å². The number of rotatable bonds is 0. The Balaban J connectivity index is 2.03. The number of amides is 1. The first kappa shape index (κ1) is 12.9. The quantitative estimate of drug-likeness (QED) is 0.680. The van der Waals surface area contributed by atoms with E-state index >= 15 is 0 Å². The van der Waals surface area contributed by atoms with Crippen molar-refractivity contribution in [1.82, 2.24) is 5.32 Å². The summed E-state index contributed by atoms with van der Waals surface area (Å²) in [5.74, 6) is 0.842. The smallest absolute Gasteiger partial charge is 0.220 e. The number of aliphatic hydroxyl groups is 1. The Morgan fingerprint density at radius 2 is 1.88 bits per heavy atom. The molecule has 1 heterocycles. The van der Waals surface area contributed by atoms with Crippen LogP contribution in [0.5, 0.6) is 0 Å². The van der Waals surface area contributed by atoms with E-state index in [0.717, 1.165) is 31.6 Å². The number of hydrogen-bond donors (Lipinski definition) is 2. The third kappa shape index (κ3) is 2.49. The Hall–Kier alpha value is -0.570. The first-order valence-corrected chi connectivity index (χ1v) is 6.78. The first-order valence-electron chi connectivity index (χ1n) is 6.78. The van der Waals surface area contributed by atoms with Gasteiger partial charge in [-0.25, -0.2) is 0 Å². The summed E-state index contributed by atoms with van der Waals surface area (Å²) >= 11 is 0. The molecule has 1 atom stereocenters. The van der Waals surface area contributed by atoms with Crippen LogP contribution in [0.15, 0.2) is 0 Å². The van der Waals surface area contributed by atoms with Crippen molar-refractivity contribution >= 4 is 5.91 Å². The molecule has 2 rings (SSSR count). The van der Waals surface area contributed by atoms with Gasteiger partial charge in [-0.3, -0.25) is 4.79 Å². The first-order chi connectivity index (χ1) is 7.83. The molecule has 0 bridgehead atoms. The van der Waals surface area contributed by atoms with Gasteiger partial charge in [-0.15, -0.1) is 0 Å². The van der Waals surface area contributed by atoms with Gasteiger partial charge < -0.3 is 10.4 Å². The number of carbonyl (C=O) groups is 1. The van der Waals surface area contributed by atoms with Crippen molar-refractivity contribution in [3.63, 3.8) is 0 Å². The highest BCUT2D eigenvalue weighted by Gasteiger charge is 2.46. The molecular weight excluding hydrogens is 214 g/mol. The zero-order valence-corrected chi connectivity index (χ0v) is 11.3. The van der Waals surface area contributed by atoms with Crippen molar-refractivity contribution in [2.24, 2.45) is 16.7 Å². The van der Waals surface area contributed by atoms with Gasteiger partial charge in [0.15, 0.2) is 0 Å². The number of aliphatic hydroxyl groups excluding tert-OH is 1. The van der Waals surface area contributed by atoms with Crippen LogP contribution in [-0.2, 0) is 4.79 Å². The van der Waals surface area contributed by atoms with Gasteiger partial charge in [0.05, 0.1) is 6.10 Å². The van der Waals surface area contributed by atoms with Gasteiger partial charge in [-0.1, -0.05) is 20.8 Å². The molecule has 2 N–H and O–H groups in total. The molecule has 1 spiro atoms. The van der Waals surface area contributed by atoms with E-state index in [1.165, 1.54) is 0 Å². The summed E-state index contributed by atoms with van der Waals surface area (Å²) in [6.07, 6.45) is 4.47. The average Bonchev–Trinajstić information content (AvgIpc) is 2.23. The third-order valence-electron chi connectivity index (χ3n) is 4.92. The molecule has 0 radical (unpaired) electrons. The van der Waals surface area contributed by atoms with Crippen LogP contribution in [0.25, 0.3) is 0 Å². The van der Waals surface area contributed by atoms with Crippen molar-refractivity contribution in [1.29, 1.82) is 0 Å². The molecule has 1 aliphatic carbocycles. The Morgan fingerprint density at radius 1 is 1.29 bits per heavy atom. The van der Waals surface area contributed by atoms with E-state index in [1.54, 1.807) is 0 Å². The summed E-state index contributed by atoms with van der Waals surface area (Å²) in [4.78, 5) is 11.5. The van der Waals surface area contributed by atoms with Crippen LogP contribution in [0.2, 0.25) is 0 Å². The highest BCUT2D eigenvalue weighted by Crippen LogP contribution is 2.49. The highest BCUT2D eigenvalue weighted by molar-refractivity contribution is 5.77. The maximum Gasteiger partial charge on any atom is 0.220 e. The van der Waals surface area contributed by atoms with Crippen molar-refractivity contribution in [3.8, 4) is 0 Å². The summed E-state index contributed by atoms with van der Waals surface area (Å²) in [5.41, 5.74) is 0.230. The Bertz CT molecular complexity index is 298. The zero-order chi connectivity index (χ0) is 12.7. The molecule has 1 saturated heterocycles. The van der Waals surface area contributed by atoms with Gasteiger partial charge in [0, 0.05) is 18.4 Å². The van der Waals surface area contributed by atoms with Crippen molar-refractivity contribution in [2.75, 3.05) is 6.54 Å². The molecule has 1 amide bonds. The third-order valence-corrected chi connectivity index (χ3v) is 4.92. The van der Waals surface area contributed by atoms with Gasteiger partial charge in [-0.2, -0.15) is 0 Å². The van der Waals surface area contributed by atoms with E-state index in [4.69, 9.17) is 0 Å². The monoisotopic (exact) mass is 239 g/mol. The van der Waals surface area contributed by atoms with E-state index in [1.807, 2.05) is 0 Å². The van der Waals surface area contributed by atoms with Crippen molar-refractivity contribution in [2.45, 2.75) is 59.0 Å². The van der Waals surface area contributed by atoms with Crippen LogP contribution < -0.4 is 5.32 Å². The SMILES string of the molecule is CC(C)(C)C1CCC2(CC1)CC(=O)NCC2O. The minimum Gasteiger partial charge on any atom is -0.391 e. The predicted molar refractivity (Wildman–Crippen MR) is 67.5 cm³/mol. The summed E-state index contributed by atoms with van der Waals surface area (Å²) in [6, 6.07) is 0. The maximum absolute atomic E-state index is 11.5. The summed E-state index contributed by atoms with van der Waals surface area (Å²) < 4.78 is 0. The van der Waals surface area contributed by atoms with Crippen LogP contribution in [-0.4, -0.2) is 23.7 Å². The number of carbonyl (C=O) groups excluding carboxylic acids is 1. The molecule has 0 aromatic heterocycles.